The highest BCUT2D eigenvalue weighted by atomic mass is 79.9. The van der Waals surface area contributed by atoms with E-state index in [9.17, 15) is 9.59 Å². The Labute approximate surface area is 239 Å². The van der Waals surface area contributed by atoms with E-state index in [2.05, 4.69) is 41.8 Å². The Morgan fingerprint density at radius 3 is 2.68 bits per heavy atom. The van der Waals surface area contributed by atoms with Gasteiger partial charge in [-0.25, -0.2) is 9.79 Å². The second-order valence-electron chi connectivity index (χ2n) is 8.60. The summed E-state index contributed by atoms with van der Waals surface area (Å²) in [6.45, 7) is 6.41. The number of hydrogen-bond acceptors (Lipinski definition) is 9. The summed E-state index contributed by atoms with van der Waals surface area (Å²) in [7, 11) is 1.58. The van der Waals surface area contributed by atoms with E-state index in [1.165, 1.54) is 11.3 Å². The van der Waals surface area contributed by atoms with Crippen molar-refractivity contribution in [3.05, 3.63) is 75.5 Å². The van der Waals surface area contributed by atoms with Gasteiger partial charge in [0.15, 0.2) is 4.80 Å². The maximum atomic E-state index is 13.8. The van der Waals surface area contributed by atoms with Gasteiger partial charge in [0.1, 0.15) is 11.5 Å². The molecule has 0 amide bonds. The molecule has 1 fully saturated rings. The summed E-state index contributed by atoms with van der Waals surface area (Å²) in [5.74, 6) is 1.37. The number of morpholine rings is 1. The van der Waals surface area contributed by atoms with E-state index >= 15 is 0 Å². The molecule has 200 valence electrons. The van der Waals surface area contributed by atoms with Crippen molar-refractivity contribution in [1.82, 2.24) is 4.57 Å². The van der Waals surface area contributed by atoms with Gasteiger partial charge >= 0.3 is 5.97 Å². The number of anilines is 1. The van der Waals surface area contributed by atoms with Crippen LogP contribution in [0.1, 0.15) is 31.2 Å². The number of ether oxygens (including phenoxy) is 3. The number of thiazole rings is 1. The van der Waals surface area contributed by atoms with Gasteiger partial charge in [-0.05, 0) is 63.4 Å². The number of nitrogens with zero attached hydrogens (tertiary/aromatic N) is 3. The van der Waals surface area contributed by atoms with Crippen molar-refractivity contribution >= 4 is 61.1 Å². The largest absolute Gasteiger partial charge is 0.496 e. The normalized spacial score (nSPS) is 17.9. The topological polar surface area (TPSA) is 95.5 Å². The number of fused-ring (bicyclic) bond motifs is 1. The number of aromatic nitrogens is 1. The molecular weight excluding hydrogens is 642 g/mol. The van der Waals surface area contributed by atoms with Gasteiger partial charge in [-0.15, -0.1) is 0 Å². The standard InChI is InChI=1S/C26H25Br2N3O6S/c1-4-36-25(33)21-14(2)29-26-31(22(21)15-5-6-19(34-3)17(27)11-15)23(32)20(38-26)13-16-12-18(28)24(37-16)30-7-9-35-10-8-30/h5-6,11-13,22H,4,7-10H2,1-3H3/b20-13+/t22-/m0/s1. The lowest BCUT2D eigenvalue weighted by Gasteiger charge is -2.26. The van der Waals surface area contributed by atoms with Gasteiger partial charge in [0, 0.05) is 25.2 Å². The minimum Gasteiger partial charge on any atom is -0.496 e. The van der Waals surface area contributed by atoms with Gasteiger partial charge in [0.25, 0.3) is 5.56 Å². The third-order valence-electron chi connectivity index (χ3n) is 6.27. The number of carbonyl (C=O) groups is 1. The lowest BCUT2D eigenvalue weighted by molar-refractivity contribution is -0.139. The zero-order valence-electron chi connectivity index (χ0n) is 21.0. The van der Waals surface area contributed by atoms with Gasteiger partial charge in [-0.3, -0.25) is 9.36 Å². The first kappa shape index (κ1) is 26.9. The van der Waals surface area contributed by atoms with Crippen molar-refractivity contribution < 1.29 is 23.4 Å². The summed E-state index contributed by atoms with van der Waals surface area (Å²) in [6, 6.07) is 6.59. The van der Waals surface area contributed by atoms with Gasteiger partial charge in [-0.2, -0.15) is 0 Å². The van der Waals surface area contributed by atoms with Crippen molar-refractivity contribution in [3.63, 3.8) is 0 Å². The van der Waals surface area contributed by atoms with E-state index in [-0.39, 0.29) is 12.2 Å². The number of methoxy groups -OCH3 is 1. The number of benzene rings is 1. The van der Waals surface area contributed by atoms with Gasteiger partial charge in [0.05, 0.1) is 57.7 Å². The summed E-state index contributed by atoms with van der Waals surface area (Å²) in [5.41, 5.74) is 1.26. The van der Waals surface area contributed by atoms with Gasteiger partial charge < -0.3 is 23.5 Å². The predicted molar refractivity (Wildman–Crippen MR) is 151 cm³/mol. The fraction of sp³-hybridized carbons (Fsp3) is 0.346. The molecule has 0 bridgehead atoms. The summed E-state index contributed by atoms with van der Waals surface area (Å²) in [4.78, 5) is 34.1. The van der Waals surface area contributed by atoms with Crippen molar-refractivity contribution in [2.45, 2.75) is 19.9 Å². The Balaban J connectivity index is 1.64. The molecule has 0 radical (unpaired) electrons. The maximum absolute atomic E-state index is 13.8. The zero-order valence-corrected chi connectivity index (χ0v) is 24.9. The number of carbonyl (C=O) groups excluding carboxylic acids is 1. The lowest BCUT2D eigenvalue weighted by atomic mass is 9.96. The fourth-order valence-corrected chi connectivity index (χ4v) is 6.66. The summed E-state index contributed by atoms with van der Waals surface area (Å²) < 4.78 is 25.8. The highest BCUT2D eigenvalue weighted by Gasteiger charge is 2.33. The summed E-state index contributed by atoms with van der Waals surface area (Å²) >= 11 is 8.35. The Kier molecular flexibility index (Phi) is 7.94. The number of halogens is 2. The predicted octanol–water partition coefficient (Wildman–Crippen LogP) is 3.76. The molecule has 0 saturated carbocycles. The molecular formula is C26H25Br2N3O6S. The van der Waals surface area contributed by atoms with Crippen LogP contribution >= 0.6 is 43.2 Å². The second-order valence-corrected chi connectivity index (χ2v) is 11.3. The average molecular weight is 667 g/mol. The third kappa shape index (κ3) is 5.02. The van der Waals surface area contributed by atoms with Crippen LogP contribution in [0.2, 0.25) is 0 Å². The molecule has 38 heavy (non-hydrogen) atoms. The molecule has 2 aromatic heterocycles. The zero-order chi connectivity index (χ0) is 27.0. The van der Waals surface area contributed by atoms with E-state index in [0.717, 1.165) is 23.1 Å². The minimum absolute atomic E-state index is 0.206. The average Bonchev–Trinajstić information content (AvgIpc) is 3.42. The van der Waals surface area contributed by atoms with E-state index in [4.69, 9.17) is 18.6 Å². The molecule has 9 nitrogen and oxygen atoms in total. The number of esters is 1. The molecule has 2 aliphatic rings. The van der Waals surface area contributed by atoms with Crippen LogP contribution in [0.5, 0.6) is 5.75 Å². The van der Waals surface area contributed by atoms with Gasteiger partial charge in [-0.1, -0.05) is 17.4 Å². The molecule has 2 aliphatic heterocycles. The fourth-order valence-electron chi connectivity index (χ4n) is 4.52. The van der Waals surface area contributed by atoms with Crippen LogP contribution in [0.25, 0.3) is 6.08 Å². The molecule has 0 aliphatic carbocycles. The first-order valence-electron chi connectivity index (χ1n) is 12.0. The van der Waals surface area contributed by atoms with Crippen LogP contribution < -0.4 is 24.5 Å². The number of allylic oxidation sites excluding steroid dienone is 1. The van der Waals surface area contributed by atoms with Crippen LogP contribution in [0.4, 0.5) is 5.88 Å². The Morgan fingerprint density at radius 2 is 2.00 bits per heavy atom. The highest BCUT2D eigenvalue weighted by molar-refractivity contribution is 9.11. The molecule has 1 aromatic carbocycles. The SMILES string of the molecule is CCOC(=O)C1=C(C)N=c2s/c(=C/c3cc(Br)c(N4CCOCC4)o3)c(=O)n2[C@H]1c1ccc(OC)c(Br)c1. The van der Waals surface area contributed by atoms with Crippen molar-refractivity contribution in [1.29, 1.82) is 0 Å². The molecule has 1 saturated heterocycles. The summed E-state index contributed by atoms with van der Waals surface area (Å²) in [5, 5.41) is 0. The smallest absolute Gasteiger partial charge is 0.338 e. The molecule has 1 atom stereocenters. The quantitative estimate of drug-likeness (QED) is 0.370. The summed E-state index contributed by atoms with van der Waals surface area (Å²) in [6.07, 6.45) is 1.71. The first-order valence-corrected chi connectivity index (χ1v) is 14.4. The van der Waals surface area contributed by atoms with E-state index in [1.54, 1.807) is 37.7 Å². The maximum Gasteiger partial charge on any atom is 0.338 e. The molecule has 3 aromatic rings. The molecule has 0 unspecified atom stereocenters. The van der Waals surface area contributed by atoms with Crippen LogP contribution in [0.15, 0.2) is 58.7 Å². The molecule has 12 heteroatoms. The van der Waals surface area contributed by atoms with E-state index in [1.807, 2.05) is 18.2 Å². The number of rotatable bonds is 6. The van der Waals surface area contributed by atoms with Crippen molar-refractivity contribution in [3.8, 4) is 5.75 Å². The van der Waals surface area contributed by atoms with Crippen LogP contribution in [-0.4, -0.2) is 50.6 Å². The molecule has 4 heterocycles. The van der Waals surface area contributed by atoms with Crippen LogP contribution in [0.3, 0.4) is 0 Å². The minimum atomic E-state index is -0.720. The number of furan rings is 1. The van der Waals surface area contributed by atoms with Crippen LogP contribution in [-0.2, 0) is 14.3 Å². The second kappa shape index (κ2) is 11.2. The van der Waals surface area contributed by atoms with Gasteiger partial charge in [0.2, 0.25) is 5.88 Å². The van der Waals surface area contributed by atoms with E-state index < -0.39 is 12.0 Å². The Bertz CT molecular complexity index is 1600. The van der Waals surface area contributed by atoms with Crippen molar-refractivity contribution in [2.75, 3.05) is 44.9 Å². The Morgan fingerprint density at radius 1 is 1.24 bits per heavy atom. The third-order valence-corrected chi connectivity index (χ3v) is 8.44. The van der Waals surface area contributed by atoms with E-state index in [0.29, 0.717) is 55.7 Å². The highest BCUT2D eigenvalue weighted by Crippen LogP contribution is 2.35. The van der Waals surface area contributed by atoms with Crippen LogP contribution in [0, 0.1) is 0 Å². The molecule has 5 rings (SSSR count). The molecule has 0 spiro atoms. The Hall–Kier alpha value is -2.67. The first-order chi connectivity index (χ1) is 18.3. The lowest BCUT2D eigenvalue weighted by Crippen LogP contribution is -2.39. The monoisotopic (exact) mass is 665 g/mol. The van der Waals surface area contributed by atoms with Crippen molar-refractivity contribution in [2.24, 2.45) is 4.99 Å². The molecule has 0 N–H and O–H groups in total. The number of hydrogen-bond donors (Lipinski definition) is 0.